The first-order valence-corrected chi connectivity index (χ1v) is 7.89. The molecule has 1 aliphatic rings. The molecule has 0 radical (unpaired) electrons. The van der Waals surface area contributed by atoms with Crippen molar-refractivity contribution >= 4 is 23.3 Å². The Morgan fingerprint density at radius 2 is 2.24 bits per heavy atom. The largest absolute Gasteiger partial charge is 0.352 e. The highest BCUT2D eigenvalue weighted by atomic mass is 32.1. The molecule has 2 atom stereocenters. The van der Waals surface area contributed by atoms with Gasteiger partial charge in [-0.1, -0.05) is 11.4 Å². The number of likely N-dealkylation sites (tertiary alicyclic amines) is 1. The third-order valence-corrected chi connectivity index (χ3v) is 4.17. The van der Waals surface area contributed by atoms with Crippen molar-refractivity contribution in [3.8, 4) is 0 Å². The Morgan fingerprint density at radius 3 is 2.86 bits per heavy atom. The number of rotatable bonds is 4. The van der Waals surface area contributed by atoms with Crippen molar-refractivity contribution in [1.29, 1.82) is 0 Å². The van der Waals surface area contributed by atoms with Crippen molar-refractivity contribution in [3.63, 3.8) is 0 Å². The number of nitrogens with zero attached hydrogens (tertiary/aromatic N) is 3. The van der Waals surface area contributed by atoms with Gasteiger partial charge in [-0.15, -0.1) is 5.10 Å². The van der Waals surface area contributed by atoms with E-state index >= 15 is 0 Å². The molecule has 21 heavy (non-hydrogen) atoms. The van der Waals surface area contributed by atoms with Crippen LogP contribution in [0.25, 0.3) is 0 Å². The average molecular weight is 311 g/mol. The number of hydrogen-bond acceptors (Lipinski definition) is 6. The Kier molecular flexibility index (Phi) is 4.89. The fraction of sp³-hybridized carbons (Fsp3) is 0.692. The molecule has 1 fully saturated rings. The maximum absolute atomic E-state index is 12.7. The fourth-order valence-corrected chi connectivity index (χ4v) is 3.16. The van der Waals surface area contributed by atoms with Crippen molar-refractivity contribution in [2.75, 3.05) is 6.54 Å². The summed E-state index contributed by atoms with van der Waals surface area (Å²) in [6.07, 6.45) is 1.12. The standard InChI is InChI=1S/C13H21N5O2S/c1-4-9-11(21-17-16-9)13(20)18-6-8(14)5-10(18)12(19)15-7(2)3/h7-8,10H,4-6,14H2,1-3H3,(H,15,19)/t8-,10-/m0/s1. The highest BCUT2D eigenvalue weighted by Crippen LogP contribution is 2.23. The van der Waals surface area contributed by atoms with Gasteiger partial charge in [0.2, 0.25) is 5.91 Å². The van der Waals surface area contributed by atoms with E-state index in [4.69, 9.17) is 5.73 Å². The molecule has 0 unspecified atom stereocenters. The molecule has 7 nitrogen and oxygen atoms in total. The molecule has 0 saturated carbocycles. The topological polar surface area (TPSA) is 101 Å². The van der Waals surface area contributed by atoms with Gasteiger partial charge in [-0.25, -0.2) is 0 Å². The van der Waals surface area contributed by atoms with Gasteiger partial charge in [0.15, 0.2) is 0 Å². The van der Waals surface area contributed by atoms with Crippen molar-refractivity contribution in [2.24, 2.45) is 5.73 Å². The van der Waals surface area contributed by atoms with Gasteiger partial charge in [0, 0.05) is 18.6 Å². The summed E-state index contributed by atoms with van der Waals surface area (Å²) in [5.41, 5.74) is 6.62. The highest BCUT2D eigenvalue weighted by molar-refractivity contribution is 7.08. The van der Waals surface area contributed by atoms with Crippen molar-refractivity contribution in [2.45, 2.75) is 51.7 Å². The first-order valence-electron chi connectivity index (χ1n) is 7.12. The van der Waals surface area contributed by atoms with E-state index in [0.29, 0.717) is 30.0 Å². The van der Waals surface area contributed by atoms with Crippen LogP contribution in [0.3, 0.4) is 0 Å². The van der Waals surface area contributed by atoms with Crippen LogP contribution < -0.4 is 11.1 Å². The molecule has 0 bridgehead atoms. The van der Waals surface area contributed by atoms with Gasteiger partial charge in [0.1, 0.15) is 10.9 Å². The molecule has 1 saturated heterocycles. The van der Waals surface area contributed by atoms with Crippen LogP contribution in [0.5, 0.6) is 0 Å². The number of amides is 2. The number of aryl methyl sites for hydroxylation is 1. The molecule has 2 amide bonds. The van der Waals surface area contributed by atoms with Crippen LogP contribution in [-0.4, -0.2) is 51.0 Å². The van der Waals surface area contributed by atoms with Gasteiger partial charge < -0.3 is 16.0 Å². The van der Waals surface area contributed by atoms with E-state index in [0.717, 1.165) is 11.5 Å². The zero-order chi connectivity index (χ0) is 15.6. The molecule has 0 spiro atoms. The van der Waals surface area contributed by atoms with Gasteiger partial charge in [-0.3, -0.25) is 9.59 Å². The third-order valence-electron chi connectivity index (χ3n) is 3.41. The van der Waals surface area contributed by atoms with Crippen molar-refractivity contribution in [3.05, 3.63) is 10.6 Å². The molecule has 0 aromatic carbocycles. The Hall–Kier alpha value is -1.54. The van der Waals surface area contributed by atoms with Gasteiger partial charge in [0.05, 0.1) is 5.69 Å². The summed E-state index contributed by atoms with van der Waals surface area (Å²) >= 11 is 1.07. The summed E-state index contributed by atoms with van der Waals surface area (Å²) in [4.78, 5) is 27.0. The first kappa shape index (κ1) is 15.8. The van der Waals surface area contributed by atoms with Crippen molar-refractivity contribution < 1.29 is 9.59 Å². The Bertz CT molecular complexity index is 530. The molecule has 8 heteroatoms. The lowest BCUT2D eigenvalue weighted by atomic mass is 10.1. The van der Waals surface area contributed by atoms with E-state index < -0.39 is 6.04 Å². The number of nitrogens with two attached hydrogens (primary N) is 1. The lowest BCUT2D eigenvalue weighted by Crippen LogP contribution is -2.47. The minimum atomic E-state index is -0.512. The van der Waals surface area contributed by atoms with E-state index in [1.165, 1.54) is 0 Å². The second kappa shape index (κ2) is 6.48. The second-order valence-electron chi connectivity index (χ2n) is 5.53. The van der Waals surface area contributed by atoms with Crippen molar-refractivity contribution in [1.82, 2.24) is 19.8 Å². The summed E-state index contributed by atoms with van der Waals surface area (Å²) in [7, 11) is 0. The number of hydrogen-bond donors (Lipinski definition) is 2. The van der Waals surface area contributed by atoms with Crippen LogP contribution in [0.1, 0.15) is 42.6 Å². The predicted octanol–water partition coefficient (Wildman–Crippen LogP) is 0.167. The predicted molar refractivity (Wildman–Crippen MR) is 80.0 cm³/mol. The van der Waals surface area contributed by atoms with Crippen LogP contribution in [0.4, 0.5) is 0 Å². The summed E-state index contributed by atoms with van der Waals surface area (Å²) < 4.78 is 3.84. The molecule has 1 aromatic heterocycles. The number of carbonyl (C=O) groups excluding carboxylic acids is 2. The van der Waals surface area contributed by atoms with Gasteiger partial charge in [-0.2, -0.15) is 0 Å². The van der Waals surface area contributed by atoms with Crippen LogP contribution in [-0.2, 0) is 11.2 Å². The quantitative estimate of drug-likeness (QED) is 0.825. The molecular formula is C13H21N5O2S. The van der Waals surface area contributed by atoms with Gasteiger partial charge in [0.25, 0.3) is 5.91 Å². The number of carbonyl (C=O) groups is 2. The number of aromatic nitrogens is 2. The molecule has 2 rings (SSSR count). The zero-order valence-corrected chi connectivity index (χ0v) is 13.3. The lowest BCUT2D eigenvalue weighted by molar-refractivity contribution is -0.125. The molecule has 1 aromatic rings. The Labute approximate surface area is 128 Å². The summed E-state index contributed by atoms with van der Waals surface area (Å²) in [5.74, 6) is -0.347. The minimum absolute atomic E-state index is 0.0301. The highest BCUT2D eigenvalue weighted by Gasteiger charge is 2.39. The molecule has 3 N–H and O–H groups in total. The van der Waals surface area contributed by atoms with Gasteiger partial charge >= 0.3 is 0 Å². The molecule has 116 valence electrons. The molecular weight excluding hydrogens is 290 g/mol. The normalized spacial score (nSPS) is 21.9. The minimum Gasteiger partial charge on any atom is -0.352 e. The molecule has 1 aliphatic heterocycles. The third kappa shape index (κ3) is 3.38. The van der Waals surface area contributed by atoms with Crippen LogP contribution in [0.2, 0.25) is 0 Å². The second-order valence-corrected chi connectivity index (χ2v) is 6.29. The smallest absolute Gasteiger partial charge is 0.268 e. The van der Waals surface area contributed by atoms with E-state index in [1.807, 2.05) is 20.8 Å². The summed E-state index contributed by atoms with van der Waals surface area (Å²) in [6, 6.07) is -0.660. The maximum Gasteiger partial charge on any atom is 0.268 e. The summed E-state index contributed by atoms with van der Waals surface area (Å²) in [6.45, 7) is 6.09. The summed E-state index contributed by atoms with van der Waals surface area (Å²) in [5, 5.41) is 6.80. The van der Waals surface area contributed by atoms with Crippen LogP contribution >= 0.6 is 11.5 Å². The zero-order valence-electron chi connectivity index (χ0n) is 12.5. The Morgan fingerprint density at radius 1 is 1.52 bits per heavy atom. The maximum atomic E-state index is 12.7. The molecule has 2 heterocycles. The Balaban J connectivity index is 2.20. The average Bonchev–Trinajstić information content (AvgIpc) is 3.02. The van der Waals surface area contributed by atoms with E-state index in [9.17, 15) is 9.59 Å². The molecule has 0 aliphatic carbocycles. The van der Waals surface area contributed by atoms with E-state index in [2.05, 4.69) is 14.9 Å². The van der Waals surface area contributed by atoms with Gasteiger partial charge in [-0.05, 0) is 38.2 Å². The SMILES string of the molecule is CCc1nnsc1C(=O)N1C[C@@H](N)C[C@H]1C(=O)NC(C)C. The van der Waals surface area contributed by atoms with E-state index in [-0.39, 0.29) is 23.9 Å². The first-order chi connectivity index (χ1) is 9.93. The fourth-order valence-electron chi connectivity index (χ4n) is 2.45. The van der Waals surface area contributed by atoms with Crippen LogP contribution in [0.15, 0.2) is 0 Å². The monoisotopic (exact) mass is 311 g/mol. The lowest BCUT2D eigenvalue weighted by Gasteiger charge is -2.24. The number of nitrogens with one attached hydrogen (secondary N) is 1. The van der Waals surface area contributed by atoms with E-state index in [1.54, 1.807) is 4.90 Å². The van der Waals surface area contributed by atoms with Crippen LogP contribution in [0, 0.1) is 0 Å².